The van der Waals surface area contributed by atoms with Crippen LogP contribution in [-0.4, -0.2) is 18.5 Å². The van der Waals surface area contributed by atoms with Gasteiger partial charge in [-0.1, -0.05) is 6.42 Å². The Kier molecular flexibility index (Phi) is 4.78. The lowest BCUT2D eigenvalue weighted by molar-refractivity contribution is 0.0957. The molecule has 1 aliphatic rings. The van der Waals surface area contributed by atoms with Gasteiger partial charge in [0.25, 0.3) is 5.91 Å². The van der Waals surface area contributed by atoms with Gasteiger partial charge in [-0.05, 0) is 50.7 Å². The van der Waals surface area contributed by atoms with Crippen molar-refractivity contribution < 1.29 is 4.79 Å². The maximum absolute atomic E-state index is 12.0. The number of fused-ring (bicyclic) bond motifs is 1. The second-order valence-corrected chi connectivity index (χ2v) is 6.28. The zero-order chi connectivity index (χ0) is 13.0. The van der Waals surface area contributed by atoms with E-state index >= 15 is 0 Å². The highest BCUT2D eigenvalue weighted by Gasteiger charge is 2.16. The summed E-state index contributed by atoms with van der Waals surface area (Å²) in [5.74, 6) is 0.0636. The van der Waals surface area contributed by atoms with E-state index in [9.17, 15) is 4.79 Å². The molecule has 0 saturated carbocycles. The van der Waals surface area contributed by atoms with Crippen molar-refractivity contribution in [3.63, 3.8) is 0 Å². The molecule has 0 aromatic carbocycles. The molecule has 1 aromatic rings. The van der Waals surface area contributed by atoms with Crippen LogP contribution in [0, 0.1) is 0 Å². The fraction of sp³-hybridized carbons (Fsp3) is 0.643. The summed E-state index contributed by atoms with van der Waals surface area (Å²) in [5, 5.41) is 2.95. The van der Waals surface area contributed by atoms with E-state index in [1.165, 1.54) is 29.7 Å². The lowest BCUT2D eigenvalue weighted by atomic mass is 10.1. The van der Waals surface area contributed by atoms with Gasteiger partial charge in [0.1, 0.15) is 0 Å². The van der Waals surface area contributed by atoms with Crippen molar-refractivity contribution in [2.45, 2.75) is 51.5 Å². The van der Waals surface area contributed by atoms with E-state index in [2.05, 4.69) is 11.4 Å². The minimum absolute atomic E-state index is 0.0636. The summed E-state index contributed by atoms with van der Waals surface area (Å²) in [6.45, 7) is 2.62. The molecule has 1 unspecified atom stereocenters. The molecular formula is C14H22N2OS. The highest BCUT2D eigenvalue weighted by Crippen LogP contribution is 2.28. The van der Waals surface area contributed by atoms with Crippen LogP contribution in [0.1, 0.15) is 52.7 Å². The van der Waals surface area contributed by atoms with Crippen molar-refractivity contribution in [2.24, 2.45) is 5.73 Å². The van der Waals surface area contributed by atoms with Crippen molar-refractivity contribution in [3.05, 3.63) is 21.4 Å². The van der Waals surface area contributed by atoms with E-state index < -0.39 is 0 Å². The van der Waals surface area contributed by atoms with E-state index in [0.29, 0.717) is 6.54 Å². The number of carbonyl (C=O) groups excluding carboxylic acids is 1. The molecule has 18 heavy (non-hydrogen) atoms. The molecule has 3 N–H and O–H groups in total. The van der Waals surface area contributed by atoms with Crippen LogP contribution in [0.4, 0.5) is 0 Å². The Morgan fingerprint density at radius 1 is 1.44 bits per heavy atom. The molecule has 0 spiro atoms. The number of carbonyl (C=O) groups is 1. The Balaban J connectivity index is 1.94. The van der Waals surface area contributed by atoms with Crippen molar-refractivity contribution in [1.82, 2.24) is 5.32 Å². The van der Waals surface area contributed by atoms with Gasteiger partial charge in [0.2, 0.25) is 0 Å². The average molecular weight is 266 g/mol. The van der Waals surface area contributed by atoms with Crippen molar-refractivity contribution in [2.75, 3.05) is 6.54 Å². The SMILES string of the molecule is CC(N)CCNC(=O)c1cc2c(s1)CCCCC2. The van der Waals surface area contributed by atoms with Gasteiger partial charge in [0, 0.05) is 17.5 Å². The molecule has 1 atom stereocenters. The number of thiophene rings is 1. The Morgan fingerprint density at radius 3 is 3.00 bits per heavy atom. The van der Waals surface area contributed by atoms with Crippen molar-refractivity contribution >= 4 is 17.2 Å². The van der Waals surface area contributed by atoms with E-state index in [0.717, 1.165) is 24.1 Å². The molecule has 0 radical (unpaired) electrons. The van der Waals surface area contributed by atoms with E-state index in [4.69, 9.17) is 5.73 Å². The van der Waals surface area contributed by atoms with Gasteiger partial charge < -0.3 is 11.1 Å². The molecule has 0 aliphatic heterocycles. The topological polar surface area (TPSA) is 55.1 Å². The average Bonchev–Trinajstić information content (AvgIpc) is 2.60. The van der Waals surface area contributed by atoms with Gasteiger partial charge in [0.05, 0.1) is 4.88 Å². The third kappa shape index (κ3) is 3.56. The first-order valence-corrected chi connectivity index (χ1v) is 7.64. The fourth-order valence-electron chi connectivity index (χ4n) is 2.28. The third-order valence-corrected chi connectivity index (χ3v) is 4.59. The molecule has 3 nitrogen and oxygen atoms in total. The number of hydrogen-bond donors (Lipinski definition) is 2. The molecular weight excluding hydrogens is 244 g/mol. The van der Waals surface area contributed by atoms with Gasteiger partial charge >= 0.3 is 0 Å². The predicted octanol–water partition coefficient (Wildman–Crippen LogP) is 2.48. The van der Waals surface area contributed by atoms with Crippen LogP contribution >= 0.6 is 11.3 Å². The highest BCUT2D eigenvalue weighted by atomic mass is 32.1. The highest BCUT2D eigenvalue weighted by molar-refractivity contribution is 7.14. The number of amides is 1. The first-order chi connectivity index (χ1) is 8.66. The number of aryl methyl sites for hydroxylation is 2. The molecule has 0 fully saturated rings. The zero-order valence-electron chi connectivity index (χ0n) is 11.0. The molecule has 2 rings (SSSR count). The third-order valence-electron chi connectivity index (χ3n) is 3.36. The van der Waals surface area contributed by atoms with Crippen LogP contribution in [0.3, 0.4) is 0 Å². The van der Waals surface area contributed by atoms with Crippen LogP contribution in [0.15, 0.2) is 6.07 Å². The summed E-state index contributed by atoms with van der Waals surface area (Å²) < 4.78 is 0. The Labute approximate surface area is 113 Å². The molecule has 1 aromatic heterocycles. The predicted molar refractivity (Wildman–Crippen MR) is 76.2 cm³/mol. The quantitative estimate of drug-likeness (QED) is 0.823. The minimum Gasteiger partial charge on any atom is -0.351 e. The van der Waals surface area contributed by atoms with Gasteiger partial charge in [-0.15, -0.1) is 11.3 Å². The Bertz CT molecular complexity index is 388. The van der Waals surface area contributed by atoms with Gasteiger partial charge in [-0.25, -0.2) is 0 Å². The maximum atomic E-state index is 12.0. The molecule has 1 heterocycles. The van der Waals surface area contributed by atoms with Crippen molar-refractivity contribution in [3.8, 4) is 0 Å². The largest absolute Gasteiger partial charge is 0.351 e. The monoisotopic (exact) mass is 266 g/mol. The van der Waals surface area contributed by atoms with Crippen LogP contribution in [0.2, 0.25) is 0 Å². The summed E-state index contributed by atoms with van der Waals surface area (Å²) >= 11 is 1.67. The maximum Gasteiger partial charge on any atom is 0.261 e. The molecule has 0 bridgehead atoms. The standard InChI is InChI=1S/C14H22N2OS/c1-10(15)7-8-16-14(17)13-9-11-5-3-2-4-6-12(11)18-13/h9-10H,2-8,15H2,1H3,(H,16,17). The molecule has 4 heteroatoms. The second-order valence-electron chi connectivity index (χ2n) is 5.14. The van der Waals surface area contributed by atoms with Crippen LogP contribution < -0.4 is 11.1 Å². The molecule has 1 amide bonds. The smallest absolute Gasteiger partial charge is 0.261 e. The van der Waals surface area contributed by atoms with Gasteiger partial charge in [-0.2, -0.15) is 0 Å². The summed E-state index contributed by atoms with van der Waals surface area (Å²) in [4.78, 5) is 14.3. The lowest BCUT2D eigenvalue weighted by Gasteiger charge is -2.05. The summed E-state index contributed by atoms with van der Waals surface area (Å²) in [6.07, 6.45) is 6.95. The van der Waals surface area contributed by atoms with Gasteiger partial charge in [-0.3, -0.25) is 4.79 Å². The first kappa shape index (κ1) is 13.6. The Morgan fingerprint density at radius 2 is 2.22 bits per heavy atom. The summed E-state index contributed by atoms with van der Waals surface area (Å²) in [6, 6.07) is 2.23. The van der Waals surface area contributed by atoms with E-state index in [1.54, 1.807) is 11.3 Å². The minimum atomic E-state index is 0.0636. The number of nitrogens with one attached hydrogen (secondary N) is 1. The number of rotatable bonds is 4. The summed E-state index contributed by atoms with van der Waals surface area (Å²) in [7, 11) is 0. The zero-order valence-corrected chi connectivity index (χ0v) is 11.8. The number of nitrogens with two attached hydrogens (primary N) is 1. The van der Waals surface area contributed by atoms with Crippen LogP contribution in [-0.2, 0) is 12.8 Å². The lowest BCUT2D eigenvalue weighted by Crippen LogP contribution is -2.28. The molecule has 100 valence electrons. The second kappa shape index (κ2) is 6.34. The van der Waals surface area contributed by atoms with E-state index in [-0.39, 0.29) is 11.9 Å². The van der Waals surface area contributed by atoms with Crippen LogP contribution in [0.5, 0.6) is 0 Å². The first-order valence-electron chi connectivity index (χ1n) is 6.82. The van der Waals surface area contributed by atoms with Crippen molar-refractivity contribution in [1.29, 1.82) is 0 Å². The molecule has 0 saturated heterocycles. The fourth-order valence-corrected chi connectivity index (χ4v) is 3.45. The number of hydrogen-bond acceptors (Lipinski definition) is 3. The van der Waals surface area contributed by atoms with E-state index in [1.807, 2.05) is 6.92 Å². The normalized spacial score (nSPS) is 16.8. The molecule has 1 aliphatic carbocycles. The van der Waals surface area contributed by atoms with Crippen LogP contribution in [0.25, 0.3) is 0 Å². The van der Waals surface area contributed by atoms with Gasteiger partial charge in [0.15, 0.2) is 0 Å². The summed E-state index contributed by atoms with van der Waals surface area (Å²) in [5.41, 5.74) is 7.06. The Hall–Kier alpha value is -0.870.